The Labute approximate surface area is 109 Å². The van der Waals surface area contributed by atoms with Gasteiger partial charge in [-0.05, 0) is 37.1 Å². The molecular weight excluding hydrogens is 228 g/mol. The third kappa shape index (κ3) is 4.75. The quantitative estimate of drug-likeness (QED) is 0.832. The molecule has 0 saturated heterocycles. The van der Waals surface area contributed by atoms with Gasteiger partial charge >= 0.3 is 0 Å². The minimum atomic E-state index is 0.0570. The van der Waals surface area contributed by atoms with Crippen molar-refractivity contribution in [2.45, 2.75) is 20.3 Å². The first-order valence-corrected chi connectivity index (χ1v) is 6.18. The summed E-state index contributed by atoms with van der Waals surface area (Å²) in [5.74, 6) is 0.911. The van der Waals surface area contributed by atoms with Gasteiger partial charge in [0.15, 0.2) is 0 Å². The Morgan fingerprint density at radius 2 is 1.89 bits per heavy atom. The van der Waals surface area contributed by atoms with Gasteiger partial charge in [0.25, 0.3) is 0 Å². The first-order valence-electron chi connectivity index (χ1n) is 6.18. The first-order chi connectivity index (χ1) is 8.52. The molecule has 0 unspecified atom stereocenters. The fourth-order valence-corrected chi connectivity index (χ4v) is 1.76. The summed E-state index contributed by atoms with van der Waals surface area (Å²) >= 11 is 0. The number of ether oxygens (including phenoxy) is 1. The van der Waals surface area contributed by atoms with Crippen LogP contribution in [0.5, 0.6) is 5.75 Å². The zero-order valence-electron chi connectivity index (χ0n) is 11.4. The molecule has 0 heterocycles. The van der Waals surface area contributed by atoms with Crippen molar-refractivity contribution >= 4 is 5.91 Å². The van der Waals surface area contributed by atoms with E-state index in [1.165, 1.54) is 11.1 Å². The van der Waals surface area contributed by atoms with Crippen molar-refractivity contribution in [3.63, 3.8) is 0 Å². The van der Waals surface area contributed by atoms with E-state index in [1.807, 2.05) is 26.0 Å². The number of nitrogens with zero attached hydrogens (tertiary/aromatic N) is 1. The van der Waals surface area contributed by atoms with Crippen LogP contribution in [0.25, 0.3) is 0 Å². The summed E-state index contributed by atoms with van der Waals surface area (Å²) in [6.45, 7) is 5.54. The van der Waals surface area contributed by atoms with E-state index in [0.29, 0.717) is 26.1 Å². The lowest BCUT2D eigenvalue weighted by Gasteiger charge is -2.17. The van der Waals surface area contributed by atoms with Gasteiger partial charge in [-0.1, -0.05) is 6.07 Å². The number of benzene rings is 1. The summed E-state index contributed by atoms with van der Waals surface area (Å²) in [5.41, 5.74) is 7.70. The van der Waals surface area contributed by atoms with Crippen LogP contribution in [0.2, 0.25) is 0 Å². The lowest BCUT2D eigenvalue weighted by molar-refractivity contribution is -0.130. The van der Waals surface area contributed by atoms with Gasteiger partial charge in [0, 0.05) is 20.0 Å². The van der Waals surface area contributed by atoms with E-state index in [9.17, 15) is 4.79 Å². The van der Waals surface area contributed by atoms with Gasteiger partial charge < -0.3 is 15.4 Å². The molecule has 1 aromatic rings. The highest BCUT2D eigenvalue weighted by Gasteiger charge is 2.07. The molecule has 0 radical (unpaired) electrons. The molecule has 1 rings (SSSR count). The topological polar surface area (TPSA) is 55.6 Å². The molecule has 0 bridgehead atoms. The maximum absolute atomic E-state index is 11.5. The highest BCUT2D eigenvalue weighted by Crippen LogP contribution is 2.15. The Hall–Kier alpha value is -1.55. The Morgan fingerprint density at radius 1 is 1.28 bits per heavy atom. The van der Waals surface area contributed by atoms with E-state index in [-0.39, 0.29) is 5.91 Å². The van der Waals surface area contributed by atoms with Crippen LogP contribution in [0.4, 0.5) is 0 Å². The number of hydrogen-bond acceptors (Lipinski definition) is 3. The van der Waals surface area contributed by atoms with E-state index in [2.05, 4.69) is 6.07 Å². The first kappa shape index (κ1) is 14.5. The molecule has 0 spiro atoms. The van der Waals surface area contributed by atoms with Gasteiger partial charge in [-0.2, -0.15) is 0 Å². The highest BCUT2D eigenvalue weighted by molar-refractivity contribution is 5.75. The lowest BCUT2D eigenvalue weighted by atomic mass is 10.1. The van der Waals surface area contributed by atoms with Crippen molar-refractivity contribution in [3.8, 4) is 5.75 Å². The third-order valence-corrected chi connectivity index (χ3v) is 2.67. The Kier molecular flexibility index (Phi) is 5.65. The van der Waals surface area contributed by atoms with Crippen LogP contribution in [0.15, 0.2) is 18.2 Å². The molecule has 18 heavy (non-hydrogen) atoms. The fraction of sp³-hybridized carbons (Fsp3) is 0.500. The van der Waals surface area contributed by atoms with Crippen LogP contribution in [-0.2, 0) is 4.79 Å². The van der Waals surface area contributed by atoms with E-state index in [1.54, 1.807) is 11.9 Å². The van der Waals surface area contributed by atoms with Crippen molar-refractivity contribution in [1.29, 1.82) is 0 Å². The third-order valence-electron chi connectivity index (χ3n) is 2.67. The smallest absolute Gasteiger partial charge is 0.223 e. The van der Waals surface area contributed by atoms with E-state index in [0.717, 1.165) is 5.75 Å². The van der Waals surface area contributed by atoms with Crippen molar-refractivity contribution in [2.24, 2.45) is 5.73 Å². The average Bonchev–Trinajstić information content (AvgIpc) is 2.27. The van der Waals surface area contributed by atoms with Crippen molar-refractivity contribution in [2.75, 3.05) is 26.7 Å². The molecule has 4 nitrogen and oxygen atoms in total. The molecule has 0 aliphatic heterocycles. The Morgan fingerprint density at radius 3 is 2.44 bits per heavy atom. The summed E-state index contributed by atoms with van der Waals surface area (Å²) in [4.78, 5) is 13.1. The summed E-state index contributed by atoms with van der Waals surface area (Å²) in [5, 5.41) is 0. The predicted molar refractivity (Wildman–Crippen MR) is 72.7 cm³/mol. The van der Waals surface area contributed by atoms with Gasteiger partial charge in [-0.3, -0.25) is 4.79 Å². The number of carbonyl (C=O) groups is 1. The molecule has 100 valence electrons. The minimum absolute atomic E-state index is 0.0570. The number of carbonyl (C=O) groups excluding carboxylic acids is 1. The number of rotatable bonds is 6. The number of nitrogens with two attached hydrogens (primary N) is 1. The number of hydrogen-bond donors (Lipinski definition) is 1. The summed E-state index contributed by atoms with van der Waals surface area (Å²) in [7, 11) is 1.77. The summed E-state index contributed by atoms with van der Waals surface area (Å²) < 4.78 is 5.64. The van der Waals surface area contributed by atoms with Gasteiger partial charge in [-0.25, -0.2) is 0 Å². The standard InChI is InChI=1S/C14H22N2O2/c1-11-8-12(2)10-13(9-11)18-7-6-16(3)14(17)4-5-15/h8-10H,4-7,15H2,1-3H3. The van der Waals surface area contributed by atoms with Crippen LogP contribution in [0.1, 0.15) is 17.5 Å². The molecular formula is C14H22N2O2. The molecule has 0 fully saturated rings. The van der Waals surface area contributed by atoms with Crippen molar-refractivity contribution in [3.05, 3.63) is 29.3 Å². The molecule has 1 aromatic carbocycles. The van der Waals surface area contributed by atoms with Gasteiger partial charge in [-0.15, -0.1) is 0 Å². The van der Waals surface area contributed by atoms with E-state index in [4.69, 9.17) is 10.5 Å². The van der Waals surface area contributed by atoms with Crippen molar-refractivity contribution in [1.82, 2.24) is 4.90 Å². The summed E-state index contributed by atoms with van der Waals surface area (Å²) in [6.07, 6.45) is 0.389. The zero-order valence-corrected chi connectivity index (χ0v) is 11.4. The molecule has 1 amide bonds. The SMILES string of the molecule is Cc1cc(C)cc(OCCN(C)C(=O)CCN)c1. The van der Waals surface area contributed by atoms with Gasteiger partial charge in [0.05, 0.1) is 6.54 Å². The zero-order chi connectivity index (χ0) is 13.5. The fourth-order valence-electron chi connectivity index (χ4n) is 1.76. The monoisotopic (exact) mass is 250 g/mol. The van der Waals surface area contributed by atoms with Gasteiger partial charge in [0.1, 0.15) is 12.4 Å². The second-order valence-corrected chi connectivity index (χ2v) is 4.53. The molecule has 0 aromatic heterocycles. The number of amides is 1. The Balaban J connectivity index is 2.39. The molecule has 0 aliphatic rings. The highest BCUT2D eigenvalue weighted by atomic mass is 16.5. The lowest BCUT2D eigenvalue weighted by Crippen LogP contribution is -2.32. The normalized spacial score (nSPS) is 10.2. The van der Waals surface area contributed by atoms with Crippen LogP contribution in [-0.4, -0.2) is 37.6 Å². The molecule has 0 saturated carbocycles. The molecule has 2 N–H and O–H groups in total. The van der Waals surface area contributed by atoms with Crippen LogP contribution in [0, 0.1) is 13.8 Å². The average molecular weight is 250 g/mol. The molecule has 0 atom stereocenters. The van der Waals surface area contributed by atoms with Crippen LogP contribution < -0.4 is 10.5 Å². The largest absolute Gasteiger partial charge is 0.492 e. The molecule has 0 aliphatic carbocycles. The number of likely N-dealkylation sites (N-methyl/N-ethyl adjacent to an activating group) is 1. The Bertz CT molecular complexity index is 385. The number of aryl methyl sites for hydroxylation is 2. The van der Waals surface area contributed by atoms with E-state index < -0.39 is 0 Å². The maximum Gasteiger partial charge on any atom is 0.223 e. The maximum atomic E-state index is 11.5. The second-order valence-electron chi connectivity index (χ2n) is 4.53. The van der Waals surface area contributed by atoms with E-state index >= 15 is 0 Å². The molecule has 4 heteroatoms. The van der Waals surface area contributed by atoms with Crippen LogP contribution >= 0.6 is 0 Å². The second kappa shape index (κ2) is 7.01. The van der Waals surface area contributed by atoms with Gasteiger partial charge in [0.2, 0.25) is 5.91 Å². The van der Waals surface area contributed by atoms with Crippen molar-refractivity contribution < 1.29 is 9.53 Å². The summed E-state index contributed by atoms with van der Waals surface area (Å²) in [6, 6.07) is 6.09. The predicted octanol–water partition coefficient (Wildman–Crippen LogP) is 1.49. The minimum Gasteiger partial charge on any atom is -0.492 e. The van der Waals surface area contributed by atoms with Crippen LogP contribution in [0.3, 0.4) is 0 Å².